The molecular weight excluding hydrogens is 397 g/mol. The lowest BCUT2D eigenvalue weighted by atomic mass is 10.1. The van der Waals surface area contributed by atoms with Crippen molar-refractivity contribution in [1.29, 1.82) is 0 Å². The van der Waals surface area contributed by atoms with Crippen LogP contribution in [0.15, 0.2) is 30.3 Å². The van der Waals surface area contributed by atoms with Gasteiger partial charge in [0.15, 0.2) is 0 Å². The monoisotopic (exact) mass is 423 g/mol. The first kappa shape index (κ1) is 24.8. The van der Waals surface area contributed by atoms with Gasteiger partial charge in [0, 0.05) is 6.42 Å². The van der Waals surface area contributed by atoms with Gasteiger partial charge in [0.1, 0.15) is 6.04 Å². The number of halogens is 5. The van der Waals surface area contributed by atoms with Crippen molar-refractivity contribution in [2.24, 2.45) is 0 Å². The summed E-state index contributed by atoms with van der Waals surface area (Å²) in [6.07, 6.45) is -0.810. The average molecular weight is 423 g/mol. The largest absolute Gasteiger partial charge is 0.464 e. The van der Waals surface area contributed by atoms with Crippen LogP contribution in [0.4, 0.5) is 22.0 Å². The van der Waals surface area contributed by atoms with Crippen LogP contribution in [0.2, 0.25) is 0 Å². The van der Waals surface area contributed by atoms with Gasteiger partial charge in [0.25, 0.3) is 0 Å². The molecule has 29 heavy (non-hydrogen) atoms. The molecule has 1 N–H and O–H groups in total. The Morgan fingerprint density at radius 2 is 1.55 bits per heavy atom. The first-order chi connectivity index (χ1) is 13.6. The Morgan fingerprint density at radius 3 is 2.14 bits per heavy atom. The number of benzene rings is 1. The molecule has 0 heterocycles. The molecule has 0 spiro atoms. The smallest absolute Gasteiger partial charge is 0.463 e. The van der Waals surface area contributed by atoms with E-state index in [4.69, 9.17) is 4.74 Å². The van der Waals surface area contributed by atoms with Crippen LogP contribution in [0.5, 0.6) is 0 Å². The van der Waals surface area contributed by atoms with Crippen molar-refractivity contribution in [1.82, 2.24) is 5.32 Å². The van der Waals surface area contributed by atoms with Crippen molar-refractivity contribution in [3.05, 3.63) is 35.9 Å². The molecule has 0 radical (unpaired) electrons. The van der Waals surface area contributed by atoms with E-state index in [0.29, 0.717) is 12.0 Å². The van der Waals surface area contributed by atoms with Crippen LogP contribution in [-0.2, 0) is 20.7 Å². The number of unbranched alkanes of at least 4 members (excludes halogenated alkanes) is 5. The first-order valence-corrected chi connectivity index (χ1v) is 9.55. The van der Waals surface area contributed by atoms with E-state index < -0.39 is 30.0 Å². The van der Waals surface area contributed by atoms with E-state index >= 15 is 0 Å². The fourth-order valence-electron chi connectivity index (χ4n) is 2.58. The molecule has 1 unspecified atom stereocenters. The zero-order valence-corrected chi connectivity index (χ0v) is 16.2. The van der Waals surface area contributed by atoms with Crippen LogP contribution in [0.1, 0.15) is 51.0 Å². The predicted octanol–water partition coefficient (Wildman–Crippen LogP) is 4.82. The fraction of sp³-hybridized carbons (Fsp3) is 0.600. The third-order valence-electron chi connectivity index (χ3n) is 4.26. The van der Waals surface area contributed by atoms with Gasteiger partial charge in [-0.2, -0.15) is 22.0 Å². The molecule has 0 saturated heterocycles. The molecule has 0 aliphatic rings. The van der Waals surface area contributed by atoms with E-state index in [9.17, 15) is 31.5 Å². The third-order valence-corrected chi connectivity index (χ3v) is 4.26. The van der Waals surface area contributed by atoms with Crippen LogP contribution in [0.3, 0.4) is 0 Å². The predicted molar refractivity (Wildman–Crippen MR) is 97.4 cm³/mol. The van der Waals surface area contributed by atoms with E-state index in [0.717, 1.165) is 32.1 Å². The molecule has 1 rings (SSSR count). The summed E-state index contributed by atoms with van der Waals surface area (Å²) in [5.74, 6) is -9.24. The Bertz CT molecular complexity index is 635. The molecule has 164 valence electrons. The second kappa shape index (κ2) is 11.7. The lowest BCUT2D eigenvalue weighted by molar-refractivity contribution is -0.270. The van der Waals surface area contributed by atoms with E-state index in [-0.39, 0.29) is 13.0 Å². The van der Waals surface area contributed by atoms with Gasteiger partial charge in [0.05, 0.1) is 6.61 Å². The molecule has 9 heteroatoms. The third kappa shape index (κ3) is 8.37. The first-order valence-electron chi connectivity index (χ1n) is 9.55. The maximum Gasteiger partial charge on any atom is 0.463 e. The summed E-state index contributed by atoms with van der Waals surface area (Å²) < 4.78 is 68.7. The SMILES string of the molecule is CCCCCCCCOC(=O)C(Cc1ccccc1)NC(=O)C(F)(F)C(F)(F)F. The van der Waals surface area contributed by atoms with Crippen molar-refractivity contribution in [2.45, 2.75) is 70.0 Å². The molecule has 0 bridgehead atoms. The minimum atomic E-state index is -6.06. The Morgan fingerprint density at radius 1 is 0.966 bits per heavy atom. The molecule has 0 saturated carbocycles. The van der Waals surface area contributed by atoms with E-state index in [2.05, 4.69) is 6.92 Å². The van der Waals surface area contributed by atoms with Crippen molar-refractivity contribution >= 4 is 11.9 Å². The lowest BCUT2D eigenvalue weighted by Gasteiger charge is -2.23. The Kier molecular flexibility index (Phi) is 10.0. The second-order valence-corrected chi connectivity index (χ2v) is 6.72. The van der Waals surface area contributed by atoms with Crippen LogP contribution in [0.25, 0.3) is 0 Å². The summed E-state index contributed by atoms with van der Waals surface area (Å²) in [6, 6.07) is 6.36. The number of ether oxygens (including phenoxy) is 1. The number of carbonyl (C=O) groups excluding carboxylic acids is 2. The highest BCUT2D eigenvalue weighted by atomic mass is 19.4. The van der Waals surface area contributed by atoms with Crippen molar-refractivity contribution in [3.63, 3.8) is 0 Å². The van der Waals surface area contributed by atoms with Gasteiger partial charge in [-0.3, -0.25) is 4.79 Å². The van der Waals surface area contributed by atoms with Gasteiger partial charge in [-0.25, -0.2) is 4.79 Å². The maximum absolute atomic E-state index is 13.3. The molecule has 0 aliphatic carbocycles. The minimum Gasteiger partial charge on any atom is -0.464 e. The van der Waals surface area contributed by atoms with Crippen molar-refractivity contribution < 1.29 is 36.3 Å². The zero-order valence-electron chi connectivity index (χ0n) is 16.2. The molecule has 1 aromatic carbocycles. The van der Waals surface area contributed by atoms with Crippen LogP contribution in [0, 0.1) is 0 Å². The van der Waals surface area contributed by atoms with Gasteiger partial charge < -0.3 is 10.1 Å². The molecular formula is C20H26F5NO3. The summed E-state index contributed by atoms with van der Waals surface area (Å²) in [5.41, 5.74) is 0.477. The Hall–Kier alpha value is -2.19. The highest BCUT2D eigenvalue weighted by Gasteiger charge is 2.63. The van der Waals surface area contributed by atoms with Gasteiger partial charge in [-0.05, 0) is 12.0 Å². The lowest BCUT2D eigenvalue weighted by Crippen LogP contribution is -2.55. The van der Waals surface area contributed by atoms with Gasteiger partial charge in [-0.1, -0.05) is 69.4 Å². The standard InChI is InChI=1S/C20H26F5NO3/c1-2-3-4-5-6-10-13-29-17(27)16(14-15-11-8-7-9-12-15)26-18(28)19(21,22)20(23,24)25/h7-9,11-12,16H,2-6,10,13-14H2,1H3,(H,26,28). The highest BCUT2D eigenvalue weighted by Crippen LogP contribution is 2.35. The Labute approximate surface area is 166 Å². The fourth-order valence-corrected chi connectivity index (χ4v) is 2.58. The summed E-state index contributed by atoms with van der Waals surface area (Å²) >= 11 is 0. The van der Waals surface area contributed by atoms with Crippen LogP contribution < -0.4 is 5.32 Å². The molecule has 1 aromatic rings. The maximum atomic E-state index is 13.3. The van der Waals surface area contributed by atoms with E-state index in [1.165, 1.54) is 5.32 Å². The Balaban J connectivity index is 2.71. The van der Waals surface area contributed by atoms with Crippen molar-refractivity contribution in [3.8, 4) is 0 Å². The van der Waals surface area contributed by atoms with Gasteiger partial charge in [0.2, 0.25) is 0 Å². The van der Waals surface area contributed by atoms with Gasteiger partial charge in [-0.15, -0.1) is 0 Å². The summed E-state index contributed by atoms with van der Waals surface area (Å²) in [7, 11) is 0. The molecule has 4 nitrogen and oxygen atoms in total. The summed E-state index contributed by atoms with van der Waals surface area (Å²) in [5, 5.41) is 1.50. The molecule has 1 atom stereocenters. The number of alkyl halides is 5. The second-order valence-electron chi connectivity index (χ2n) is 6.72. The minimum absolute atomic E-state index is 0.00177. The molecule has 0 fully saturated rings. The quantitative estimate of drug-likeness (QED) is 0.298. The molecule has 0 aromatic heterocycles. The van der Waals surface area contributed by atoms with Gasteiger partial charge >= 0.3 is 24.0 Å². The number of hydrogen-bond donors (Lipinski definition) is 1. The number of rotatable bonds is 12. The van der Waals surface area contributed by atoms with Crippen LogP contribution >= 0.6 is 0 Å². The average Bonchev–Trinajstić information content (AvgIpc) is 2.66. The molecule has 1 amide bonds. The normalized spacial score (nSPS) is 13.0. The van der Waals surface area contributed by atoms with E-state index in [1.54, 1.807) is 30.3 Å². The topological polar surface area (TPSA) is 55.4 Å². The molecule has 0 aliphatic heterocycles. The van der Waals surface area contributed by atoms with Crippen LogP contribution in [-0.4, -0.2) is 36.6 Å². The van der Waals surface area contributed by atoms with E-state index in [1.807, 2.05) is 0 Å². The zero-order chi connectivity index (χ0) is 21.9. The number of nitrogens with one attached hydrogen (secondary N) is 1. The number of hydrogen-bond acceptors (Lipinski definition) is 3. The number of esters is 1. The number of carbonyl (C=O) groups is 2. The van der Waals surface area contributed by atoms with Crippen molar-refractivity contribution in [2.75, 3.05) is 6.61 Å². The summed E-state index contributed by atoms with van der Waals surface area (Å²) in [4.78, 5) is 23.7. The highest BCUT2D eigenvalue weighted by molar-refractivity contribution is 5.89. The number of amides is 1. The summed E-state index contributed by atoms with van der Waals surface area (Å²) in [6.45, 7) is 2.08.